The third-order valence-corrected chi connectivity index (χ3v) is 6.44. The second-order valence-electron chi connectivity index (χ2n) is 8.53. The highest BCUT2D eigenvalue weighted by molar-refractivity contribution is 5.95. The SMILES string of the molecule is COc1ccc(C2CC(=O)N(C(=O)NCCc3cccn3C)N2C)cc1OC1CCCC1. The summed E-state index contributed by atoms with van der Waals surface area (Å²) < 4.78 is 13.7. The molecule has 8 nitrogen and oxygen atoms in total. The van der Waals surface area contributed by atoms with Crippen molar-refractivity contribution in [1.29, 1.82) is 0 Å². The molecular formula is C24H32N4O4. The van der Waals surface area contributed by atoms with Gasteiger partial charge in [0.05, 0.1) is 25.7 Å². The number of carbonyl (C=O) groups excluding carboxylic acids is 2. The minimum absolute atomic E-state index is 0.202. The first-order chi connectivity index (χ1) is 15.5. The van der Waals surface area contributed by atoms with E-state index in [4.69, 9.17) is 9.47 Å². The van der Waals surface area contributed by atoms with Crippen LogP contribution in [-0.2, 0) is 18.3 Å². The number of methoxy groups -OCH3 is 1. The summed E-state index contributed by atoms with van der Waals surface area (Å²) in [6.07, 6.45) is 7.56. The van der Waals surface area contributed by atoms with E-state index in [9.17, 15) is 9.59 Å². The van der Waals surface area contributed by atoms with Gasteiger partial charge < -0.3 is 19.4 Å². The van der Waals surface area contributed by atoms with E-state index in [1.165, 1.54) is 17.9 Å². The molecule has 1 N–H and O–H groups in total. The molecule has 0 spiro atoms. The van der Waals surface area contributed by atoms with E-state index in [1.54, 1.807) is 19.2 Å². The van der Waals surface area contributed by atoms with Gasteiger partial charge in [-0.2, -0.15) is 5.01 Å². The number of rotatable bonds is 7. The molecule has 1 aliphatic heterocycles. The molecule has 2 heterocycles. The van der Waals surface area contributed by atoms with Gasteiger partial charge >= 0.3 is 6.03 Å². The summed E-state index contributed by atoms with van der Waals surface area (Å²) in [5.74, 6) is 1.16. The summed E-state index contributed by atoms with van der Waals surface area (Å²) in [4.78, 5) is 25.5. The molecule has 0 radical (unpaired) electrons. The Labute approximate surface area is 189 Å². The number of urea groups is 1. The lowest BCUT2D eigenvalue weighted by Gasteiger charge is -2.27. The third-order valence-electron chi connectivity index (χ3n) is 6.44. The summed E-state index contributed by atoms with van der Waals surface area (Å²) in [6.45, 7) is 0.459. The van der Waals surface area contributed by atoms with Crippen LogP contribution < -0.4 is 14.8 Å². The number of hydrogen-bond donors (Lipinski definition) is 1. The van der Waals surface area contributed by atoms with Crippen molar-refractivity contribution in [1.82, 2.24) is 19.9 Å². The summed E-state index contributed by atoms with van der Waals surface area (Å²) >= 11 is 0. The molecule has 2 aliphatic rings. The van der Waals surface area contributed by atoms with Crippen LogP contribution in [0, 0.1) is 0 Å². The van der Waals surface area contributed by atoms with Crippen LogP contribution in [0.15, 0.2) is 36.5 Å². The number of imide groups is 1. The van der Waals surface area contributed by atoms with Crippen LogP contribution in [0.4, 0.5) is 4.79 Å². The van der Waals surface area contributed by atoms with Crippen molar-refractivity contribution < 1.29 is 19.1 Å². The van der Waals surface area contributed by atoms with Crippen molar-refractivity contribution in [3.05, 3.63) is 47.8 Å². The molecule has 4 rings (SSSR count). The summed E-state index contributed by atoms with van der Waals surface area (Å²) in [7, 11) is 5.37. The number of nitrogens with one attached hydrogen (secondary N) is 1. The Kier molecular flexibility index (Phi) is 6.69. The van der Waals surface area contributed by atoms with Gasteiger partial charge in [0.25, 0.3) is 0 Å². The lowest BCUT2D eigenvalue weighted by molar-refractivity contribution is -0.131. The zero-order valence-electron chi connectivity index (χ0n) is 19.0. The number of benzene rings is 1. The zero-order chi connectivity index (χ0) is 22.7. The number of aryl methyl sites for hydroxylation is 1. The molecule has 3 amide bonds. The first kappa shape index (κ1) is 22.2. The Balaban J connectivity index is 1.42. The molecule has 2 aromatic rings. The van der Waals surface area contributed by atoms with Crippen LogP contribution in [0.2, 0.25) is 0 Å². The van der Waals surface area contributed by atoms with Crippen molar-refractivity contribution in [2.75, 3.05) is 20.7 Å². The van der Waals surface area contributed by atoms with Crippen LogP contribution >= 0.6 is 0 Å². The van der Waals surface area contributed by atoms with E-state index in [0.29, 0.717) is 24.5 Å². The summed E-state index contributed by atoms with van der Waals surface area (Å²) in [5.41, 5.74) is 2.05. The molecule has 1 aliphatic carbocycles. The van der Waals surface area contributed by atoms with E-state index in [1.807, 2.05) is 48.1 Å². The smallest absolute Gasteiger partial charge is 0.339 e. The number of nitrogens with zero attached hydrogens (tertiary/aromatic N) is 3. The molecule has 1 aromatic heterocycles. The van der Waals surface area contributed by atoms with Crippen molar-refractivity contribution in [3.63, 3.8) is 0 Å². The average Bonchev–Trinajstić information content (AvgIpc) is 3.50. The predicted molar refractivity (Wildman–Crippen MR) is 120 cm³/mol. The van der Waals surface area contributed by atoms with Crippen LogP contribution in [-0.4, -0.2) is 53.3 Å². The lowest BCUT2D eigenvalue weighted by atomic mass is 10.0. The Morgan fingerprint density at radius 2 is 1.94 bits per heavy atom. The maximum atomic E-state index is 12.8. The molecule has 2 fully saturated rings. The summed E-state index contributed by atoms with van der Waals surface area (Å²) in [5, 5.41) is 5.78. The van der Waals surface area contributed by atoms with Gasteiger partial charge in [-0.25, -0.2) is 9.80 Å². The second kappa shape index (κ2) is 9.65. The van der Waals surface area contributed by atoms with Crippen molar-refractivity contribution in [3.8, 4) is 11.5 Å². The molecule has 0 bridgehead atoms. The molecule has 1 atom stereocenters. The topological polar surface area (TPSA) is 76.0 Å². The fourth-order valence-electron chi connectivity index (χ4n) is 4.60. The van der Waals surface area contributed by atoms with E-state index < -0.39 is 6.03 Å². The normalized spacial score (nSPS) is 19.5. The first-order valence-electron chi connectivity index (χ1n) is 11.3. The molecule has 1 saturated carbocycles. The summed E-state index contributed by atoms with van der Waals surface area (Å²) in [6, 6.07) is 9.11. The number of hydrogen-bond acceptors (Lipinski definition) is 5. The highest BCUT2D eigenvalue weighted by Gasteiger charge is 2.40. The molecular weight excluding hydrogens is 408 g/mol. The minimum Gasteiger partial charge on any atom is -0.493 e. The van der Waals surface area contributed by atoms with Crippen LogP contribution in [0.3, 0.4) is 0 Å². The van der Waals surface area contributed by atoms with E-state index in [-0.39, 0.29) is 24.5 Å². The Morgan fingerprint density at radius 3 is 2.62 bits per heavy atom. The van der Waals surface area contributed by atoms with Crippen LogP contribution in [0.1, 0.15) is 49.4 Å². The van der Waals surface area contributed by atoms with Crippen molar-refractivity contribution in [2.24, 2.45) is 7.05 Å². The van der Waals surface area contributed by atoms with Gasteiger partial charge in [-0.15, -0.1) is 0 Å². The highest BCUT2D eigenvalue weighted by Crippen LogP contribution is 2.38. The van der Waals surface area contributed by atoms with Crippen LogP contribution in [0.25, 0.3) is 0 Å². The van der Waals surface area contributed by atoms with Gasteiger partial charge in [-0.1, -0.05) is 6.07 Å². The fourth-order valence-corrected chi connectivity index (χ4v) is 4.60. The first-order valence-corrected chi connectivity index (χ1v) is 11.3. The second-order valence-corrected chi connectivity index (χ2v) is 8.53. The van der Waals surface area contributed by atoms with Gasteiger partial charge in [0.1, 0.15) is 0 Å². The standard InChI is InChI=1S/C24H32N4O4/c1-26-14-6-7-18(26)12-13-25-24(30)28-23(29)16-20(27(28)2)17-10-11-21(31-3)22(15-17)32-19-8-4-5-9-19/h6-7,10-11,14-15,19-20H,4-5,8-9,12-13,16H2,1-3H3,(H,25,30). The predicted octanol–water partition coefficient (Wildman–Crippen LogP) is 3.43. The largest absolute Gasteiger partial charge is 0.493 e. The monoisotopic (exact) mass is 440 g/mol. The fraction of sp³-hybridized carbons (Fsp3) is 0.500. The van der Waals surface area contributed by atoms with Crippen molar-refractivity contribution in [2.45, 2.75) is 50.7 Å². The Bertz CT molecular complexity index is 967. The third kappa shape index (κ3) is 4.60. The minimum atomic E-state index is -0.398. The van der Waals surface area contributed by atoms with Crippen LogP contribution in [0.5, 0.6) is 11.5 Å². The Hall–Kier alpha value is -3.00. The van der Waals surface area contributed by atoms with Crippen molar-refractivity contribution >= 4 is 11.9 Å². The Morgan fingerprint density at radius 1 is 1.16 bits per heavy atom. The van der Waals surface area contributed by atoms with Gasteiger partial charge in [0.15, 0.2) is 11.5 Å². The highest BCUT2D eigenvalue weighted by atomic mass is 16.5. The number of ether oxygens (including phenoxy) is 2. The zero-order valence-corrected chi connectivity index (χ0v) is 19.0. The number of amides is 3. The maximum absolute atomic E-state index is 12.8. The lowest BCUT2D eigenvalue weighted by Crippen LogP contribution is -2.48. The molecule has 1 unspecified atom stereocenters. The number of carbonyl (C=O) groups is 2. The maximum Gasteiger partial charge on any atom is 0.339 e. The molecule has 32 heavy (non-hydrogen) atoms. The average molecular weight is 441 g/mol. The van der Waals surface area contributed by atoms with Gasteiger partial charge in [0.2, 0.25) is 5.91 Å². The molecule has 1 aromatic carbocycles. The van der Waals surface area contributed by atoms with E-state index in [0.717, 1.165) is 24.1 Å². The van der Waals surface area contributed by atoms with E-state index >= 15 is 0 Å². The molecule has 172 valence electrons. The number of aromatic nitrogens is 1. The van der Waals surface area contributed by atoms with Gasteiger partial charge in [0, 0.05) is 39.0 Å². The number of hydrazine groups is 1. The van der Waals surface area contributed by atoms with Gasteiger partial charge in [-0.3, -0.25) is 4.79 Å². The molecule has 8 heteroatoms. The van der Waals surface area contributed by atoms with E-state index in [2.05, 4.69) is 5.32 Å². The quantitative estimate of drug-likeness (QED) is 0.714. The molecule has 1 saturated heterocycles. The van der Waals surface area contributed by atoms with Gasteiger partial charge in [-0.05, 0) is 55.5 Å².